The molecule has 4 heteroatoms. The molecule has 0 aliphatic carbocycles. The SMILES string of the molecule is CCOc1cc(NC(C)c2ccc(C)o2)ccc1N. The maximum Gasteiger partial charge on any atom is 0.144 e. The molecule has 0 bridgehead atoms. The average molecular weight is 260 g/mol. The van der Waals surface area contributed by atoms with Gasteiger partial charge < -0.3 is 20.2 Å². The Morgan fingerprint density at radius 2 is 2.11 bits per heavy atom. The molecule has 102 valence electrons. The normalized spacial score (nSPS) is 12.2. The topological polar surface area (TPSA) is 60.4 Å². The average Bonchev–Trinajstić information content (AvgIpc) is 2.80. The third kappa shape index (κ3) is 3.22. The van der Waals surface area contributed by atoms with Gasteiger partial charge in [-0.15, -0.1) is 0 Å². The van der Waals surface area contributed by atoms with E-state index in [1.807, 2.05) is 44.2 Å². The lowest BCUT2D eigenvalue weighted by Gasteiger charge is -2.15. The number of furan rings is 1. The highest BCUT2D eigenvalue weighted by molar-refractivity contribution is 5.61. The van der Waals surface area contributed by atoms with E-state index in [0.717, 1.165) is 17.2 Å². The van der Waals surface area contributed by atoms with Crippen LogP contribution in [-0.2, 0) is 0 Å². The molecule has 2 rings (SSSR count). The molecule has 0 aliphatic heterocycles. The summed E-state index contributed by atoms with van der Waals surface area (Å²) in [7, 11) is 0. The van der Waals surface area contributed by atoms with E-state index in [1.54, 1.807) is 0 Å². The van der Waals surface area contributed by atoms with Crippen LogP contribution >= 0.6 is 0 Å². The van der Waals surface area contributed by atoms with Crippen molar-refractivity contribution < 1.29 is 9.15 Å². The number of aryl methyl sites for hydroxylation is 1. The molecule has 19 heavy (non-hydrogen) atoms. The van der Waals surface area contributed by atoms with Crippen LogP contribution in [0.1, 0.15) is 31.4 Å². The van der Waals surface area contributed by atoms with Crippen molar-refractivity contribution in [1.82, 2.24) is 0 Å². The summed E-state index contributed by atoms with van der Waals surface area (Å²) in [5, 5.41) is 3.37. The summed E-state index contributed by atoms with van der Waals surface area (Å²) in [4.78, 5) is 0. The Kier molecular flexibility index (Phi) is 4.00. The first-order valence-electron chi connectivity index (χ1n) is 6.45. The highest BCUT2D eigenvalue weighted by Crippen LogP contribution is 2.28. The van der Waals surface area contributed by atoms with Crippen molar-refractivity contribution in [3.05, 3.63) is 41.9 Å². The van der Waals surface area contributed by atoms with Crippen LogP contribution in [0.15, 0.2) is 34.7 Å². The van der Waals surface area contributed by atoms with E-state index >= 15 is 0 Å². The number of nitrogens with one attached hydrogen (secondary N) is 1. The van der Waals surface area contributed by atoms with Gasteiger partial charge in [0.25, 0.3) is 0 Å². The minimum Gasteiger partial charge on any atom is -0.492 e. The molecule has 0 spiro atoms. The maximum atomic E-state index is 5.85. The van der Waals surface area contributed by atoms with Gasteiger partial charge in [-0.3, -0.25) is 0 Å². The summed E-state index contributed by atoms with van der Waals surface area (Å²) >= 11 is 0. The molecule has 1 aromatic carbocycles. The summed E-state index contributed by atoms with van der Waals surface area (Å²) < 4.78 is 11.1. The predicted octanol–water partition coefficient (Wildman–Crippen LogP) is 3.74. The molecule has 0 saturated carbocycles. The molecule has 0 saturated heterocycles. The van der Waals surface area contributed by atoms with Crippen molar-refractivity contribution in [1.29, 1.82) is 0 Å². The molecular formula is C15H20N2O2. The van der Waals surface area contributed by atoms with Crippen LogP contribution in [-0.4, -0.2) is 6.61 Å². The zero-order valence-electron chi connectivity index (χ0n) is 11.6. The maximum absolute atomic E-state index is 5.85. The van der Waals surface area contributed by atoms with Gasteiger partial charge in [-0.2, -0.15) is 0 Å². The van der Waals surface area contributed by atoms with Crippen molar-refractivity contribution in [2.24, 2.45) is 0 Å². The van der Waals surface area contributed by atoms with Crippen LogP contribution in [0.25, 0.3) is 0 Å². The second kappa shape index (κ2) is 5.69. The fraction of sp³-hybridized carbons (Fsp3) is 0.333. The number of hydrogen-bond acceptors (Lipinski definition) is 4. The molecule has 2 aromatic rings. The van der Waals surface area contributed by atoms with E-state index in [0.29, 0.717) is 18.0 Å². The molecule has 0 aliphatic rings. The Morgan fingerprint density at radius 1 is 1.32 bits per heavy atom. The molecule has 4 nitrogen and oxygen atoms in total. The molecule has 1 unspecified atom stereocenters. The van der Waals surface area contributed by atoms with Gasteiger partial charge in [0, 0.05) is 11.8 Å². The number of benzene rings is 1. The van der Waals surface area contributed by atoms with Gasteiger partial charge in [0.1, 0.15) is 17.3 Å². The number of nitrogens with two attached hydrogens (primary N) is 1. The van der Waals surface area contributed by atoms with Crippen molar-refractivity contribution in [3.8, 4) is 5.75 Å². The number of ether oxygens (including phenoxy) is 1. The van der Waals surface area contributed by atoms with E-state index in [2.05, 4.69) is 12.2 Å². The van der Waals surface area contributed by atoms with E-state index in [4.69, 9.17) is 14.9 Å². The van der Waals surface area contributed by atoms with Crippen molar-refractivity contribution in [2.45, 2.75) is 26.8 Å². The van der Waals surface area contributed by atoms with Crippen LogP contribution < -0.4 is 15.8 Å². The zero-order valence-corrected chi connectivity index (χ0v) is 11.6. The Balaban J connectivity index is 2.12. The molecule has 0 fully saturated rings. The summed E-state index contributed by atoms with van der Waals surface area (Å²) in [6.45, 7) is 6.52. The first-order valence-corrected chi connectivity index (χ1v) is 6.45. The van der Waals surface area contributed by atoms with Gasteiger partial charge in [0.2, 0.25) is 0 Å². The minimum absolute atomic E-state index is 0.0896. The second-order valence-electron chi connectivity index (χ2n) is 4.50. The van der Waals surface area contributed by atoms with Crippen molar-refractivity contribution in [2.75, 3.05) is 17.7 Å². The minimum atomic E-state index is 0.0896. The zero-order chi connectivity index (χ0) is 13.8. The van der Waals surface area contributed by atoms with Gasteiger partial charge in [-0.25, -0.2) is 0 Å². The third-order valence-corrected chi connectivity index (χ3v) is 2.88. The summed E-state index contributed by atoms with van der Waals surface area (Å²) in [5.41, 5.74) is 7.45. The largest absolute Gasteiger partial charge is 0.492 e. The monoisotopic (exact) mass is 260 g/mol. The van der Waals surface area contributed by atoms with Crippen LogP contribution in [0.5, 0.6) is 5.75 Å². The van der Waals surface area contributed by atoms with Crippen LogP contribution in [0, 0.1) is 6.92 Å². The van der Waals surface area contributed by atoms with E-state index in [1.165, 1.54) is 0 Å². The third-order valence-electron chi connectivity index (χ3n) is 2.88. The van der Waals surface area contributed by atoms with E-state index < -0.39 is 0 Å². The Bertz CT molecular complexity index is 549. The van der Waals surface area contributed by atoms with Crippen molar-refractivity contribution in [3.63, 3.8) is 0 Å². The lowest BCUT2D eigenvalue weighted by molar-refractivity contribution is 0.342. The quantitative estimate of drug-likeness (QED) is 0.804. The Hall–Kier alpha value is -2.10. The van der Waals surface area contributed by atoms with Gasteiger partial charge in [-0.05, 0) is 45.0 Å². The first kappa shape index (κ1) is 13.3. The lowest BCUT2D eigenvalue weighted by atomic mass is 10.2. The smallest absolute Gasteiger partial charge is 0.144 e. The number of hydrogen-bond donors (Lipinski definition) is 2. The summed E-state index contributed by atoms with van der Waals surface area (Å²) in [5.74, 6) is 2.53. The molecule has 0 radical (unpaired) electrons. The second-order valence-corrected chi connectivity index (χ2v) is 4.50. The summed E-state index contributed by atoms with van der Waals surface area (Å²) in [6.07, 6.45) is 0. The van der Waals surface area contributed by atoms with Crippen LogP contribution in [0.3, 0.4) is 0 Å². The molecule has 3 N–H and O–H groups in total. The van der Waals surface area contributed by atoms with Gasteiger partial charge in [-0.1, -0.05) is 0 Å². The summed E-state index contributed by atoms with van der Waals surface area (Å²) in [6, 6.07) is 9.71. The Labute approximate surface area is 113 Å². The van der Waals surface area contributed by atoms with Gasteiger partial charge in [0.05, 0.1) is 18.3 Å². The molecule has 1 aromatic heterocycles. The van der Waals surface area contributed by atoms with E-state index in [-0.39, 0.29) is 6.04 Å². The van der Waals surface area contributed by atoms with Gasteiger partial charge >= 0.3 is 0 Å². The molecule has 0 amide bonds. The number of nitrogen functional groups attached to an aromatic ring is 1. The molecule has 1 heterocycles. The molecular weight excluding hydrogens is 240 g/mol. The van der Waals surface area contributed by atoms with Crippen LogP contribution in [0.4, 0.5) is 11.4 Å². The van der Waals surface area contributed by atoms with Crippen LogP contribution in [0.2, 0.25) is 0 Å². The fourth-order valence-corrected chi connectivity index (χ4v) is 1.91. The predicted molar refractivity (Wildman–Crippen MR) is 77.5 cm³/mol. The number of anilines is 2. The first-order chi connectivity index (χ1) is 9.10. The van der Waals surface area contributed by atoms with E-state index in [9.17, 15) is 0 Å². The highest BCUT2D eigenvalue weighted by Gasteiger charge is 2.10. The van der Waals surface area contributed by atoms with Crippen molar-refractivity contribution >= 4 is 11.4 Å². The van der Waals surface area contributed by atoms with Gasteiger partial charge in [0.15, 0.2) is 0 Å². The fourth-order valence-electron chi connectivity index (χ4n) is 1.91. The number of rotatable bonds is 5. The standard InChI is InChI=1S/C15H20N2O2/c1-4-18-15-9-12(6-7-13(15)16)17-11(3)14-8-5-10(2)19-14/h5-9,11,17H,4,16H2,1-3H3. The Morgan fingerprint density at radius 3 is 2.74 bits per heavy atom. The molecule has 1 atom stereocenters. The lowest BCUT2D eigenvalue weighted by Crippen LogP contribution is -2.06. The highest BCUT2D eigenvalue weighted by atomic mass is 16.5.